The molecule has 0 fully saturated rings. The summed E-state index contributed by atoms with van der Waals surface area (Å²) in [6, 6.07) is 7.89. The van der Waals surface area contributed by atoms with Crippen LogP contribution in [0.15, 0.2) is 29.2 Å². The van der Waals surface area contributed by atoms with E-state index in [1.54, 1.807) is 0 Å². The van der Waals surface area contributed by atoms with Gasteiger partial charge >= 0.3 is 29.6 Å². The molecule has 0 bridgehead atoms. The number of benzene rings is 2. The van der Waals surface area contributed by atoms with Crippen LogP contribution in [0.5, 0.6) is 0 Å². The molecule has 0 saturated carbocycles. The molecule has 0 spiro atoms. The summed E-state index contributed by atoms with van der Waals surface area (Å²) in [5.74, 6) is 0. The van der Waals surface area contributed by atoms with Gasteiger partial charge in [0.25, 0.3) is 0 Å². The standard InChI is InChI=1S/C43H74O3S.Na/c1-4-7-10-13-16-19-22-25-28-33-38-39(34-29-26-23-20-17-14-11-8-5-2)41(36-30-27-24-21-18-15-12-9-6-3)43(47(44,45)46)42-37-32-31-35-40(38)42;/h31-32,35,37H,4-30,33-34,36H2,1-3H3,(H,44,45,46);/q;+1/p-1. The average molecular weight is 693 g/mol. The molecule has 0 aliphatic carbocycles. The van der Waals surface area contributed by atoms with Gasteiger partial charge in [0.05, 0.1) is 4.90 Å². The molecule has 0 heterocycles. The van der Waals surface area contributed by atoms with Gasteiger partial charge in [0, 0.05) is 0 Å². The summed E-state index contributed by atoms with van der Waals surface area (Å²) in [6.07, 6.45) is 36.7. The van der Waals surface area contributed by atoms with E-state index in [9.17, 15) is 13.0 Å². The van der Waals surface area contributed by atoms with Crippen LogP contribution in [0.4, 0.5) is 0 Å². The second-order valence-corrected chi connectivity index (χ2v) is 15.8. The van der Waals surface area contributed by atoms with Crippen LogP contribution >= 0.6 is 0 Å². The summed E-state index contributed by atoms with van der Waals surface area (Å²) < 4.78 is 39.0. The third-order valence-corrected chi connectivity index (χ3v) is 11.3. The van der Waals surface area contributed by atoms with Gasteiger partial charge in [-0.05, 0) is 66.0 Å². The summed E-state index contributed by atoms with van der Waals surface area (Å²) in [4.78, 5) is 0.0921. The Morgan fingerprint density at radius 1 is 0.417 bits per heavy atom. The molecule has 0 unspecified atom stereocenters. The Hall–Kier alpha value is -0.390. The Labute approximate surface area is 320 Å². The van der Waals surface area contributed by atoms with E-state index in [2.05, 4.69) is 26.8 Å². The molecule has 0 N–H and O–H groups in total. The van der Waals surface area contributed by atoms with Crippen molar-refractivity contribution in [3.05, 3.63) is 41.0 Å². The van der Waals surface area contributed by atoms with Crippen LogP contribution in [0, 0.1) is 0 Å². The van der Waals surface area contributed by atoms with Crippen LogP contribution < -0.4 is 29.6 Å². The van der Waals surface area contributed by atoms with E-state index in [0.29, 0.717) is 11.8 Å². The first-order chi connectivity index (χ1) is 23.0. The van der Waals surface area contributed by atoms with Crippen LogP contribution in [-0.2, 0) is 29.4 Å². The van der Waals surface area contributed by atoms with Crippen LogP contribution in [0.3, 0.4) is 0 Å². The maximum atomic E-state index is 13.0. The van der Waals surface area contributed by atoms with Crippen molar-refractivity contribution in [3.63, 3.8) is 0 Å². The van der Waals surface area contributed by atoms with Crippen molar-refractivity contribution >= 4 is 20.9 Å². The quantitative estimate of drug-likeness (QED) is 0.0449. The number of fused-ring (bicyclic) bond motifs is 1. The number of hydrogen-bond donors (Lipinski definition) is 0. The molecule has 2 aromatic rings. The summed E-state index contributed by atoms with van der Waals surface area (Å²) >= 11 is 0. The second-order valence-electron chi connectivity index (χ2n) is 14.5. The average Bonchev–Trinajstić information content (AvgIpc) is 3.05. The summed E-state index contributed by atoms with van der Waals surface area (Å²) in [5, 5.41) is 1.67. The van der Waals surface area contributed by atoms with Gasteiger partial charge in [0.1, 0.15) is 10.1 Å². The molecule has 2 rings (SSSR count). The van der Waals surface area contributed by atoms with Crippen molar-refractivity contribution < 1.29 is 42.5 Å². The fourth-order valence-corrected chi connectivity index (χ4v) is 8.54. The molecular weight excluding hydrogens is 620 g/mol. The molecule has 48 heavy (non-hydrogen) atoms. The minimum atomic E-state index is -4.60. The predicted molar refractivity (Wildman–Crippen MR) is 205 cm³/mol. The normalized spacial score (nSPS) is 11.8. The van der Waals surface area contributed by atoms with Gasteiger partial charge in [-0.3, -0.25) is 0 Å². The maximum absolute atomic E-state index is 13.0. The van der Waals surface area contributed by atoms with Crippen LogP contribution in [-0.4, -0.2) is 13.0 Å². The van der Waals surface area contributed by atoms with E-state index >= 15 is 0 Å². The van der Waals surface area contributed by atoms with Crippen LogP contribution in [0.25, 0.3) is 10.8 Å². The number of unbranched alkanes of at least 4 members (excludes halogenated alkanes) is 24. The fraction of sp³-hybridized carbons (Fsp3) is 0.767. The van der Waals surface area contributed by atoms with E-state index < -0.39 is 10.1 Å². The molecule has 3 nitrogen and oxygen atoms in total. The van der Waals surface area contributed by atoms with Crippen molar-refractivity contribution in [2.45, 2.75) is 218 Å². The second kappa shape index (κ2) is 29.2. The Bertz CT molecular complexity index is 1180. The van der Waals surface area contributed by atoms with Gasteiger partial charge < -0.3 is 4.55 Å². The van der Waals surface area contributed by atoms with E-state index in [4.69, 9.17) is 0 Å². The summed E-state index contributed by atoms with van der Waals surface area (Å²) in [5.41, 5.74) is 3.41. The van der Waals surface area contributed by atoms with Gasteiger partial charge in [-0.2, -0.15) is 0 Å². The molecule has 5 heteroatoms. The van der Waals surface area contributed by atoms with Gasteiger partial charge in [0.2, 0.25) is 0 Å². The minimum Gasteiger partial charge on any atom is -0.744 e. The van der Waals surface area contributed by atoms with Crippen molar-refractivity contribution in [3.8, 4) is 0 Å². The summed E-state index contributed by atoms with van der Waals surface area (Å²) in [7, 11) is -4.60. The zero-order valence-corrected chi connectivity index (χ0v) is 35.0. The zero-order valence-electron chi connectivity index (χ0n) is 32.2. The fourth-order valence-electron chi connectivity index (χ4n) is 7.56. The molecule has 0 aliphatic rings. The minimum absolute atomic E-state index is 0. The topological polar surface area (TPSA) is 57.2 Å². The first kappa shape index (κ1) is 45.6. The van der Waals surface area contributed by atoms with Crippen molar-refractivity contribution in [2.24, 2.45) is 0 Å². The molecule has 0 aromatic heterocycles. The van der Waals surface area contributed by atoms with E-state index in [0.717, 1.165) is 49.5 Å². The van der Waals surface area contributed by atoms with Crippen molar-refractivity contribution in [1.82, 2.24) is 0 Å². The van der Waals surface area contributed by atoms with Crippen molar-refractivity contribution in [2.75, 3.05) is 0 Å². The molecule has 0 atom stereocenters. The SMILES string of the molecule is CCCCCCCCCCCc1c(CCCCCCCCCCC)c(S(=O)(=O)[O-])c2ccccc2c1CCCCCCCCCCC.[Na+]. The Balaban J connectivity index is 0.0000115. The number of rotatable bonds is 31. The van der Waals surface area contributed by atoms with E-state index in [-0.39, 0.29) is 34.5 Å². The largest absolute Gasteiger partial charge is 1.00 e. The third-order valence-electron chi connectivity index (χ3n) is 10.3. The van der Waals surface area contributed by atoms with Gasteiger partial charge in [-0.15, -0.1) is 0 Å². The zero-order chi connectivity index (χ0) is 34.0. The van der Waals surface area contributed by atoms with Gasteiger partial charge in [-0.25, -0.2) is 8.42 Å². The molecular formula is C43H73NaO3S. The Morgan fingerprint density at radius 3 is 1.06 bits per heavy atom. The predicted octanol–water partition coefficient (Wildman–Crippen LogP) is 11.0. The Morgan fingerprint density at radius 2 is 0.708 bits per heavy atom. The number of hydrogen-bond acceptors (Lipinski definition) is 3. The van der Waals surface area contributed by atoms with E-state index in [1.807, 2.05) is 18.2 Å². The molecule has 0 amide bonds. The number of aryl methyl sites for hydroxylation is 1. The molecule has 0 saturated heterocycles. The third kappa shape index (κ3) is 18.7. The van der Waals surface area contributed by atoms with E-state index in [1.165, 1.54) is 159 Å². The smallest absolute Gasteiger partial charge is 0.744 e. The van der Waals surface area contributed by atoms with Crippen LogP contribution in [0.2, 0.25) is 0 Å². The Kier molecular flexibility index (Phi) is 27.8. The first-order valence-electron chi connectivity index (χ1n) is 20.5. The summed E-state index contributed by atoms with van der Waals surface area (Å²) in [6.45, 7) is 6.80. The van der Waals surface area contributed by atoms with Crippen molar-refractivity contribution in [1.29, 1.82) is 0 Å². The maximum Gasteiger partial charge on any atom is 1.00 e. The molecule has 2 aromatic carbocycles. The first-order valence-corrected chi connectivity index (χ1v) is 21.9. The molecule has 0 aliphatic heterocycles. The monoisotopic (exact) mass is 693 g/mol. The molecule has 0 radical (unpaired) electrons. The van der Waals surface area contributed by atoms with Crippen LogP contribution in [0.1, 0.15) is 211 Å². The molecule has 270 valence electrons. The van der Waals surface area contributed by atoms with Gasteiger partial charge in [0.15, 0.2) is 0 Å². The van der Waals surface area contributed by atoms with Gasteiger partial charge in [-0.1, -0.05) is 199 Å².